The summed E-state index contributed by atoms with van der Waals surface area (Å²) in [6, 6.07) is 0.663. The highest BCUT2D eigenvalue weighted by Crippen LogP contribution is 2.09. The maximum Gasteiger partial charge on any atom is 0.0477 e. The third kappa shape index (κ3) is 4.81. The number of nitrogens with zero attached hydrogens (tertiary/aromatic N) is 2. The lowest BCUT2D eigenvalue weighted by atomic mass is 10.2. The SMILES string of the molecule is COCCC(C)N1CCN(CCBr)CC1. The zero-order chi connectivity index (χ0) is 11.1. The summed E-state index contributed by atoms with van der Waals surface area (Å²) in [5.74, 6) is 0. The molecule has 1 heterocycles. The van der Waals surface area contributed by atoms with Crippen molar-refractivity contribution in [2.45, 2.75) is 19.4 Å². The van der Waals surface area contributed by atoms with Gasteiger partial charge < -0.3 is 4.74 Å². The Hall–Kier alpha value is 0.360. The van der Waals surface area contributed by atoms with E-state index in [1.165, 1.54) is 32.7 Å². The summed E-state index contributed by atoms with van der Waals surface area (Å²) in [6.07, 6.45) is 1.15. The van der Waals surface area contributed by atoms with Gasteiger partial charge in [0.2, 0.25) is 0 Å². The zero-order valence-corrected chi connectivity index (χ0v) is 11.5. The second-order valence-electron chi connectivity index (χ2n) is 4.20. The molecule has 1 unspecified atom stereocenters. The molecule has 0 aromatic heterocycles. The lowest BCUT2D eigenvalue weighted by molar-refractivity contribution is 0.0858. The van der Waals surface area contributed by atoms with Gasteiger partial charge in [-0.1, -0.05) is 15.9 Å². The number of hydrogen-bond acceptors (Lipinski definition) is 3. The summed E-state index contributed by atoms with van der Waals surface area (Å²) < 4.78 is 5.12. The number of alkyl halides is 1. The average molecular weight is 279 g/mol. The van der Waals surface area contributed by atoms with Crippen LogP contribution in [0.5, 0.6) is 0 Å². The van der Waals surface area contributed by atoms with Gasteiger partial charge in [-0.25, -0.2) is 0 Å². The molecule has 15 heavy (non-hydrogen) atoms. The molecule has 3 nitrogen and oxygen atoms in total. The Bertz CT molecular complexity index is 161. The van der Waals surface area contributed by atoms with E-state index in [0.717, 1.165) is 18.4 Å². The van der Waals surface area contributed by atoms with Gasteiger partial charge in [-0.2, -0.15) is 0 Å². The highest BCUT2D eigenvalue weighted by molar-refractivity contribution is 9.09. The van der Waals surface area contributed by atoms with Crippen LogP contribution in [0.3, 0.4) is 0 Å². The third-order valence-electron chi connectivity index (χ3n) is 3.17. The summed E-state index contributed by atoms with van der Waals surface area (Å²) in [5, 5.41) is 1.09. The van der Waals surface area contributed by atoms with E-state index in [0.29, 0.717) is 6.04 Å². The highest BCUT2D eigenvalue weighted by Gasteiger charge is 2.19. The molecule has 4 heteroatoms. The van der Waals surface area contributed by atoms with Gasteiger partial charge in [0.25, 0.3) is 0 Å². The van der Waals surface area contributed by atoms with Crippen LogP contribution >= 0.6 is 15.9 Å². The van der Waals surface area contributed by atoms with Gasteiger partial charge in [0.05, 0.1) is 0 Å². The predicted molar refractivity (Wildman–Crippen MR) is 67.8 cm³/mol. The van der Waals surface area contributed by atoms with E-state index >= 15 is 0 Å². The summed E-state index contributed by atoms with van der Waals surface area (Å²) in [6.45, 7) is 9.20. The molecule has 0 N–H and O–H groups in total. The molecule has 0 aromatic rings. The number of hydrogen-bond donors (Lipinski definition) is 0. The molecule has 0 aliphatic carbocycles. The Morgan fingerprint density at radius 2 is 1.93 bits per heavy atom. The Morgan fingerprint density at radius 3 is 2.47 bits per heavy atom. The molecule has 1 aliphatic heterocycles. The van der Waals surface area contributed by atoms with E-state index < -0.39 is 0 Å². The summed E-state index contributed by atoms with van der Waals surface area (Å²) >= 11 is 3.49. The van der Waals surface area contributed by atoms with Crippen molar-refractivity contribution in [3.63, 3.8) is 0 Å². The molecule has 0 aromatic carbocycles. The molecule has 1 saturated heterocycles. The molecule has 0 bridgehead atoms. The van der Waals surface area contributed by atoms with Crippen LogP contribution in [0.25, 0.3) is 0 Å². The third-order valence-corrected chi connectivity index (χ3v) is 3.53. The van der Waals surface area contributed by atoms with E-state index in [2.05, 4.69) is 32.7 Å². The van der Waals surface area contributed by atoms with E-state index in [1.54, 1.807) is 7.11 Å². The molecule has 1 aliphatic rings. The molecular formula is C11H23BrN2O. The minimum Gasteiger partial charge on any atom is -0.385 e. The molecule has 90 valence electrons. The maximum atomic E-state index is 5.12. The zero-order valence-electron chi connectivity index (χ0n) is 9.91. The number of rotatable bonds is 6. The van der Waals surface area contributed by atoms with Crippen molar-refractivity contribution in [2.75, 3.05) is 51.8 Å². The number of ether oxygens (including phenoxy) is 1. The smallest absolute Gasteiger partial charge is 0.0477 e. The van der Waals surface area contributed by atoms with E-state index in [4.69, 9.17) is 4.74 Å². The molecular weight excluding hydrogens is 256 g/mol. The van der Waals surface area contributed by atoms with Gasteiger partial charge >= 0.3 is 0 Å². The monoisotopic (exact) mass is 278 g/mol. The van der Waals surface area contributed by atoms with Gasteiger partial charge in [0, 0.05) is 57.8 Å². The minimum absolute atomic E-state index is 0.663. The van der Waals surface area contributed by atoms with Gasteiger partial charge in [-0.05, 0) is 13.3 Å². The summed E-state index contributed by atoms with van der Waals surface area (Å²) in [5.41, 5.74) is 0. The van der Waals surface area contributed by atoms with Gasteiger partial charge in [0.15, 0.2) is 0 Å². The van der Waals surface area contributed by atoms with Crippen LogP contribution in [0.4, 0.5) is 0 Å². The van der Waals surface area contributed by atoms with Crippen molar-refractivity contribution in [2.24, 2.45) is 0 Å². The quantitative estimate of drug-likeness (QED) is 0.684. The standard InChI is InChI=1S/C11H23BrN2O/c1-11(3-10-15-2)14-8-6-13(5-4-12)7-9-14/h11H,3-10H2,1-2H3. The highest BCUT2D eigenvalue weighted by atomic mass is 79.9. The fourth-order valence-electron chi connectivity index (χ4n) is 2.02. The molecule has 1 fully saturated rings. The second kappa shape index (κ2) is 7.60. The first-order chi connectivity index (χ1) is 7.27. The van der Waals surface area contributed by atoms with E-state index in [9.17, 15) is 0 Å². The fraction of sp³-hybridized carbons (Fsp3) is 1.00. The van der Waals surface area contributed by atoms with Gasteiger partial charge in [-0.15, -0.1) is 0 Å². The van der Waals surface area contributed by atoms with E-state index in [1.807, 2.05) is 0 Å². The number of halogens is 1. The molecule has 0 radical (unpaired) electrons. The van der Waals surface area contributed by atoms with Crippen molar-refractivity contribution < 1.29 is 4.74 Å². The van der Waals surface area contributed by atoms with Crippen molar-refractivity contribution in [3.8, 4) is 0 Å². The van der Waals surface area contributed by atoms with Crippen molar-refractivity contribution >= 4 is 15.9 Å². The average Bonchev–Trinajstić information content (AvgIpc) is 2.27. The predicted octanol–water partition coefficient (Wildman–Crippen LogP) is 1.42. The van der Waals surface area contributed by atoms with Crippen molar-refractivity contribution in [3.05, 3.63) is 0 Å². The van der Waals surface area contributed by atoms with E-state index in [-0.39, 0.29) is 0 Å². The largest absolute Gasteiger partial charge is 0.385 e. The Morgan fingerprint density at radius 1 is 1.27 bits per heavy atom. The lowest BCUT2D eigenvalue weighted by Gasteiger charge is -2.37. The van der Waals surface area contributed by atoms with Crippen LogP contribution in [0, 0.1) is 0 Å². The molecule has 1 rings (SSSR count). The summed E-state index contributed by atoms with van der Waals surface area (Å²) in [7, 11) is 1.78. The van der Waals surface area contributed by atoms with Gasteiger partial charge in [0.1, 0.15) is 0 Å². The van der Waals surface area contributed by atoms with Crippen LogP contribution in [-0.2, 0) is 4.74 Å². The van der Waals surface area contributed by atoms with Crippen molar-refractivity contribution in [1.82, 2.24) is 9.80 Å². The molecule has 0 saturated carbocycles. The van der Waals surface area contributed by atoms with Crippen LogP contribution in [0.2, 0.25) is 0 Å². The number of methoxy groups -OCH3 is 1. The topological polar surface area (TPSA) is 15.7 Å². The normalized spacial score (nSPS) is 21.8. The Kier molecular flexibility index (Phi) is 6.81. The van der Waals surface area contributed by atoms with Crippen LogP contribution in [-0.4, -0.2) is 67.6 Å². The molecule has 1 atom stereocenters. The van der Waals surface area contributed by atoms with Crippen LogP contribution in [0.1, 0.15) is 13.3 Å². The first-order valence-corrected chi connectivity index (χ1v) is 6.91. The maximum absolute atomic E-state index is 5.12. The minimum atomic E-state index is 0.663. The first kappa shape index (κ1) is 13.4. The van der Waals surface area contributed by atoms with Crippen LogP contribution < -0.4 is 0 Å². The molecule has 0 spiro atoms. The molecule has 0 amide bonds. The Labute approximate surface area is 102 Å². The number of piperazine rings is 1. The van der Waals surface area contributed by atoms with Gasteiger partial charge in [-0.3, -0.25) is 9.80 Å². The van der Waals surface area contributed by atoms with Crippen molar-refractivity contribution in [1.29, 1.82) is 0 Å². The summed E-state index contributed by atoms with van der Waals surface area (Å²) in [4.78, 5) is 5.10. The Balaban J connectivity index is 2.18. The first-order valence-electron chi connectivity index (χ1n) is 5.79. The fourth-order valence-corrected chi connectivity index (χ4v) is 2.52. The van der Waals surface area contributed by atoms with Crippen LogP contribution in [0.15, 0.2) is 0 Å². The second-order valence-corrected chi connectivity index (χ2v) is 4.99. The lowest BCUT2D eigenvalue weighted by Crippen LogP contribution is -2.50.